The molecule has 96 valence electrons. The van der Waals surface area contributed by atoms with Gasteiger partial charge in [0.1, 0.15) is 12.4 Å². The van der Waals surface area contributed by atoms with Crippen molar-refractivity contribution < 1.29 is 9.90 Å². The lowest BCUT2D eigenvalue weighted by Crippen LogP contribution is -2.13. The number of hydrogen-bond acceptors (Lipinski definition) is 3. The summed E-state index contributed by atoms with van der Waals surface area (Å²) in [5, 5.41) is 11.3. The molecule has 0 radical (unpaired) electrons. The quantitative estimate of drug-likeness (QED) is 0.796. The van der Waals surface area contributed by atoms with E-state index in [0.717, 1.165) is 12.0 Å². The predicted octanol–water partition coefficient (Wildman–Crippen LogP) is 1.80. The summed E-state index contributed by atoms with van der Waals surface area (Å²) in [5.41, 5.74) is 0.721. The normalized spacial score (nSPS) is 9.78. The van der Waals surface area contributed by atoms with Gasteiger partial charge in [0.2, 0.25) is 5.91 Å². The van der Waals surface area contributed by atoms with E-state index in [4.69, 9.17) is 5.11 Å². The average Bonchev–Trinajstić information content (AvgIpc) is 2.34. The molecule has 18 heavy (non-hydrogen) atoms. The maximum Gasteiger partial charge on any atom is 0.225 e. The molecular formula is C14H18N2O2. The fourth-order valence-corrected chi connectivity index (χ4v) is 1.34. The number of hydrogen-bond donors (Lipinski definition) is 2. The van der Waals surface area contributed by atoms with Gasteiger partial charge in [0, 0.05) is 18.2 Å². The number of anilines is 1. The monoisotopic (exact) mass is 246 g/mol. The van der Waals surface area contributed by atoms with Crippen molar-refractivity contribution in [1.29, 1.82) is 0 Å². The highest BCUT2D eigenvalue weighted by atomic mass is 16.2. The average molecular weight is 246 g/mol. The molecule has 4 heteroatoms. The van der Waals surface area contributed by atoms with Gasteiger partial charge in [-0.15, -0.1) is 0 Å². The fraction of sp³-hybridized carbons (Fsp3) is 0.429. The summed E-state index contributed by atoms with van der Waals surface area (Å²) in [7, 11) is 0. The van der Waals surface area contributed by atoms with E-state index in [1.54, 1.807) is 18.3 Å². The van der Waals surface area contributed by atoms with Crippen LogP contribution in [0.25, 0.3) is 0 Å². The molecule has 4 nitrogen and oxygen atoms in total. The lowest BCUT2D eigenvalue weighted by Gasteiger charge is -2.06. The van der Waals surface area contributed by atoms with Crippen molar-refractivity contribution in [3.8, 4) is 11.8 Å². The molecule has 0 saturated carbocycles. The molecule has 0 aliphatic rings. The van der Waals surface area contributed by atoms with Crippen molar-refractivity contribution in [2.24, 2.45) is 5.92 Å². The first kappa shape index (κ1) is 14.2. The Hall–Kier alpha value is -1.86. The predicted molar refractivity (Wildman–Crippen MR) is 70.9 cm³/mol. The third kappa shape index (κ3) is 5.46. The van der Waals surface area contributed by atoms with E-state index in [0.29, 0.717) is 18.2 Å². The standard InChI is InChI=1S/C14H18N2O2/c1-11(2)5-6-14(18)16-13-10-12(4-3-9-17)7-8-15-13/h7-8,10-11,17H,5-6,9H2,1-2H3,(H,15,16,18). The maximum atomic E-state index is 11.6. The van der Waals surface area contributed by atoms with Gasteiger partial charge in [-0.3, -0.25) is 4.79 Å². The van der Waals surface area contributed by atoms with Gasteiger partial charge in [-0.25, -0.2) is 4.98 Å². The smallest absolute Gasteiger partial charge is 0.225 e. The number of amides is 1. The summed E-state index contributed by atoms with van der Waals surface area (Å²) in [4.78, 5) is 15.7. The molecule has 1 aromatic heterocycles. The first-order valence-electron chi connectivity index (χ1n) is 5.97. The summed E-state index contributed by atoms with van der Waals surface area (Å²) in [6.45, 7) is 3.98. The first-order chi connectivity index (χ1) is 8.61. The number of carbonyl (C=O) groups excluding carboxylic acids is 1. The van der Waals surface area contributed by atoms with Crippen molar-refractivity contribution in [3.05, 3.63) is 23.9 Å². The van der Waals surface area contributed by atoms with Gasteiger partial charge in [0.25, 0.3) is 0 Å². The van der Waals surface area contributed by atoms with Crippen molar-refractivity contribution in [2.45, 2.75) is 26.7 Å². The van der Waals surface area contributed by atoms with Crippen LogP contribution in [0.5, 0.6) is 0 Å². The second kappa shape index (κ2) is 7.46. The molecule has 1 rings (SSSR count). The Morgan fingerprint density at radius 2 is 2.33 bits per heavy atom. The largest absolute Gasteiger partial charge is 0.384 e. The Bertz CT molecular complexity index is 458. The zero-order valence-electron chi connectivity index (χ0n) is 10.7. The molecule has 2 N–H and O–H groups in total. The minimum atomic E-state index is -0.182. The number of carbonyl (C=O) groups is 1. The van der Waals surface area contributed by atoms with E-state index >= 15 is 0 Å². The van der Waals surface area contributed by atoms with Crippen LogP contribution in [0.3, 0.4) is 0 Å². The molecule has 1 heterocycles. The van der Waals surface area contributed by atoms with Crippen molar-refractivity contribution in [2.75, 3.05) is 11.9 Å². The van der Waals surface area contributed by atoms with Gasteiger partial charge in [0.15, 0.2) is 0 Å². The van der Waals surface area contributed by atoms with Gasteiger partial charge in [-0.1, -0.05) is 25.7 Å². The fourth-order valence-electron chi connectivity index (χ4n) is 1.34. The van der Waals surface area contributed by atoms with Crippen molar-refractivity contribution in [1.82, 2.24) is 4.98 Å². The molecule has 1 amide bonds. The molecule has 1 aromatic rings. The number of aliphatic hydroxyl groups excluding tert-OH is 1. The Kier molecular flexibility index (Phi) is 5.89. The Morgan fingerprint density at radius 3 is 3.00 bits per heavy atom. The maximum absolute atomic E-state index is 11.6. The highest BCUT2D eigenvalue weighted by Gasteiger charge is 2.04. The lowest BCUT2D eigenvalue weighted by molar-refractivity contribution is -0.116. The summed E-state index contributed by atoms with van der Waals surface area (Å²) < 4.78 is 0. The van der Waals surface area contributed by atoms with Crippen molar-refractivity contribution in [3.63, 3.8) is 0 Å². The van der Waals surface area contributed by atoms with Crippen LogP contribution in [-0.4, -0.2) is 22.6 Å². The molecule has 0 unspecified atom stereocenters. The number of nitrogens with one attached hydrogen (secondary N) is 1. The van der Waals surface area contributed by atoms with E-state index in [9.17, 15) is 4.79 Å². The molecule has 0 aliphatic carbocycles. The van der Waals surface area contributed by atoms with Gasteiger partial charge in [-0.2, -0.15) is 0 Å². The summed E-state index contributed by atoms with van der Waals surface area (Å²) in [6, 6.07) is 3.42. The SMILES string of the molecule is CC(C)CCC(=O)Nc1cc(C#CCO)ccn1. The molecular weight excluding hydrogens is 228 g/mol. The zero-order chi connectivity index (χ0) is 13.4. The van der Waals surface area contributed by atoms with E-state index in [2.05, 4.69) is 36.0 Å². The van der Waals surface area contributed by atoms with E-state index in [1.165, 1.54) is 0 Å². The summed E-state index contributed by atoms with van der Waals surface area (Å²) >= 11 is 0. The van der Waals surface area contributed by atoms with Gasteiger partial charge < -0.3 is 10.4 Å². The molecule has 0 aromatic carbocycles. The highest BCUT2D eigenvalue weighted by molar-refractivity contribution is 5.89. The minimum Gasteiger partial charge on any atom is -0.384 e. The van der Waals surface area contributed by atoms with Crippen LogP contribution >= 0.6 is 0 Å². The summed E-state index contributed by atoms with van der Waals surface area (Å²) in [5.74, 6) is 6.28. The van der Waals surface area contributed by atoms with Gasteiger partial charge in [-0.05, 0) is 24.5 Å². The third-order valence-electron chi connectivity index (χ3n) is 2.29. The lowest BCUT2D eigenvalue weighted by atomic mass is 10.1. The molecule has 0 fully saturated rings. The van der Waals surface area contributed by atoms with Gasteiger partial charge >= 0.3 is 0 Å². The highest BCUT2D eigenvalue weighted by Crippen LogP contribution is 2.08. The van der Waals surface area contributed by atoms with Crippen LogP contribution in [0.15, 0.2) is 18.3 Å². The molecule has 0 spiro atoms. The van der Waals surface area contributed by atoms with Crippen LogP contribution in [-0.2, 0) is 4.79 Å². The Labute approximate surface area is 107 Å². The third-order valence-corrected chi connectivity index (χ3v) is 2.29. The number of nitrogens with zero attached hydrogens (tertiary/aromatic N) is 1. The van der Waals surface area contributed by atoms with Crippen LogP contribution in [0.2, 0.25) is 0 Å². The molecule has 0 saturated heterocycles. The Balaban J connectivity index is 2.59. The number of aliphatic hydroxyl groups is 1. The molecule has 0 atom stereocenters. The zero-order valence-corrected chi connectivity index (χ0v) is 10.7. The molecule has 0 bridgehead atoms. The minimum absolute atomic E-state index is 0.0385. The summed E-state index contributed by atoms with van der Waals surface area (Å²) in [6.07, 6.45) is 2.93. The second-order valence-electron chi connectivity index (χ2n) is 4.37. The van der Waals surface area contributed by atoms with E-state index in [1.807, 2.05) is 0 Å². The number of rotatable bonds is 4. The Morgan fingerprint density at radius 1 is 1.56 bits per heavy atom. The van der Waals surface area contributed by atoms with E-state index in [-0.39, 0.29) is 12.5 Å². The second-order valence-corrected chi connectivity index (χ2v) is 4.37. The first-order valence-corrected chi connectivity index (χ1v) is 5.97. The van der Waals surface area contributed by atoms with Crippen LogP contribution in [0, 0.1) is 17.8 Å². The van der Waals surface area contributed by atoms with E-state index < -0.39 is 0 Å². The van der Waals surface area contributed by atoms with Crippen LogP contribution in [0.1, 0.15) is 32.3 Å². The van der Waals surface area contributed by atoms with Crippen molar-refractivity contribution >= 4 is 11.7 Å². The van der Waals surface area contributed by atoms with Gasteiger partial charge in [0.05, 0.1) is 0 Å². The van der Waals surface area contributed by atoms with Crippen LogP contribution < -0.4 is 5.32 Å². The number of pyridine rings is 1. The van der Waals surface area contributed by atoms with Crippen LogP contribution in [0.4, 0.5) is 5.82 Å². The number of aromatic nitrogens is 1. The molecule has 0 aliphatic heterocycles. The topological polar surface area (TPSA) is 62.2 Å².